The van der Waals surface area contributed by atoms with Gasteiger partial charge in [0.1, 0.15) is 0 Å². The lowest BCUT2D eigenvalue weighted by molar-refractivity contribution is 0.613. The maximum Gasteiger partial charge on any atom is 0.191 e. The minimum atomic E-state index is -3.13. The lowest BCUT2D eigenvalue weighted by Gasteiger charge is -1.83. The summed E-state index contributed by atoms with van der Waals surface area (Å²) in [5.74, 6) is 0. The average Bonchev–Trinajstić information content (AvgIpc) is 2.20. The number of hydrogen-bond donors (Lipinski definition) is 1. The van der Waals surface area contributed by atoms with Crippen molar-refractivity contribution in [1.82, 2.24) is 0 Å². The van der Waals surface area contributed by atoms with Crippen molar-refractivity contribution in [2.24, 2.45) is 0 Å². The summed E-state index contributed by atoms with van der Waals surface area (Å²) in [5.41, 5.74) is 6.18. The van der Waals surface area contributed by atoms with Gasteiger partial charge in [-0.05, 0) is 12.1 Å². The lowest BCUT2D eigenvalue weighted by Crippen LogP contribution is -1.83. The molecule has 1 aromatic carbocycles. The fourth-order valence-corrected chi connectivity index (χ4v) is 0.657. The van der Waals surface area contributed by atoms with Crippen molar-refractivity contribution in [2.75, 3.05) is 5.73 Å². The van der Waals surface area contributed by atoms with E-state index in [1.807, 2.05) is 30.3 Å². The Balaban J connectivity index is 0.000000241. The van der Waals surface area contributed by atoms with E-state index in [1.165, 1.54) is 0 Å². The second-order valence-electron chi connectivity index (χ2n) is 2.33. The smallest absolute Gasteiger partial charge is 0.191 e. The summed E-state index contributed by atoms with van der Waals surface area (Å²) in [6.45, 7) is 6.09. The number of anilines is 1. The van der Waals surface area contributed by atoms with Gasteiger partial charge in [0, 0.05) is 16.5 Å². The normalized spacial score (nSPS) is 9.43. The van der Waals surface area contributed by atoms with E-state index in [0.29, 0.717) is 0 Å². The molecule has 1 aromatic rings. The molecule has 0 aromatic heterocycles. The van der Waals surface area contributed by atoms with Crippen LogP contribution in [0.2, 0.25) is 0 Å². The van der Waals surface area contributed by atoms with E-state index in [2.05, 4.69) is 13.2 Å². The first kappa shape index (κ1) is 12.4. The molecular weight excluding hydrogens is 198 g/mol. The Morgan fingerprint density at radius 2 is 1.50 bits per heavy atom. The topological polar surface area (TPSA) is 60.2 Å². The Morgan fingerprint density at radius 3 is 1.64 bits per heavy atom. The average molecular weight is 211 g/mol. The van der Waals surface area contributed by atoms with Crippen LogP contribution in [-0.4, -0.2) is 8.42 Å². The van der Waals surface area contributed by atoms with Gasteiger partial charge < -0.3 is 5.73 Å². The van der Waals surface area contributed by atoms with Gasteiger partial charge in [-0.1, -0.05) is 31.4 Å². The lowest BCUT2D eigenvalue weighted by atomic mass is 10.3. The highest BCUT2D eigenvalue weighted by Gasteiger charge is 1.90. The summed E-state index contributed by atoms with van der Waals surface area (Å²) >= 11 is 0. The first-order valence-electron chi connectivity index (χ1n) is 3.82. The zero-order valence-corrected chi connectivity index (χ0v) is 8.57. The Hall–Kier alpha value is -1.55. The van der Waals surface area contributed by atoms with E-state index in [1.54, 1.807) is 0 Å². The highest BCUT2D eigenvalue weighted by molar-refractivity contribution is 7.97. The number of para-hydroxylation sites is 1. The van der Waals surface area contributed by atoms with E-state index in [0.717, 1.165) is 16.5 Å². The maximum absolute atomic E-state index is 10.1. The molecule has 0 aliphatic heterocycles. The van der Waals surface area contributed by atoms with Crippen LogP contribution in [0.1, 0.15) is 0 Å². The van der Waals surface area contributed by atoms with Gasteiger partial charge in [-0.15, -0.1) is 0 Å². The molecule has 0 bridgehead atoms. The van der Waals surface area contributed by atoms with Crippen molar-refractivity contribution in [3.05, 3.63) is 54.3 Å². The third kappa shape index (κ3) is 6.02. The Bertz CT molecular complexity index is 368. The van der Waals surface area contributed by atoms with Crippen LogP contribution in [0.5, 0.6) is 0 Å². The van der Waals surface area contributed by atoms with Crippen molar-refractivity contribution in [2.45, 2.75) is 0 Å². The SMILES string of the molecule is C=CS(=O)(=O)C=C.Nc1ccccc1. The van der Waals surface area contributed by atoms with Gasteiger partial charge in [0.2, 0.25) is 0 Å². The Labute approximate surface area is 84.5 Å². The van der Waals surface area contributed by atoms with Crippen molar-refractivity contribution in [1.29, 1.82) is 0 Å². The van der Waals surface area contributed by atoms with Crippen LogP contribution in [-0.2, 0) is 9.84 Å². The number of sulfone groups is 1. The van der Waals surface area contributed by atoms with Gasteiger partial charge in [0.15, 0.2) is 9.84 Å². The number of nitrogens with two attached hydrogens (primary N) is 1. The summed E-state index contributed by atoms with van der Waals surface area (Å²) in [5, 5.41) is 1.69. The van der Waals surface area contributed by atoms with Gasteiger partial charge in [-0.3, -0.25) is 0 Å². The molecule has 0 spiro atoms. The predicted octanol–water partition coefficient (Wildman–Crippen LogP) is 1.96. The summed E-state index contributed by atoms with van der Waals surface area (Å²) in [6, 6.07) is 9.49. The Kier molecular flexibility index (Phi) is 5.33. The molecule has 0 atom stereocenters. The molecule has 0 amide bonds. The molecule has 2 N–H and O–H groups in total. The van der Waals surface area contributed by atoms with Crippen LogP contribution >= 0.6 is 0 Å². The van der Waals surface area contributed by atoms with Crippen molar-refractivity contribution < 1.29 is 8.42 Å². The maximum atomic E-state index is 10.1. The molecule has 0 saturated heterocycles. The first-order chi connectivity index (χ1) is 6.52. The van der Waals surface area contributed by atoms with Gasteiger partial charge in [0.25, 0.3) is 0 Å². The molecule has 0 saturated carbocycles. The van der Waals surface area contributed by atoms with E-state index in [4.69, 9.17) is 5.73 Å². The summed E-state index contributed by atoms with van der Waals surface area (Å²) in [6.07, 6.45) is 0. The van der Waals surface area contributed by atoms with E-state index >= 15 is 0 Å². The van der Waals surface area contributed by atoms with E-state index in [-0.39, 0.29) is 0 Å². The predicted molar refractivity (Wildman–Crippen MR) is 60.2 cm³/mol. The molecule has 0 radical (unpaired) electrons. The van der Waals surface area contributed by atoms with Crippen molar-refractivity contribution >= 4 is 15.5 Å². The van der Waals surface area contributed by atoms with Crippen LogP contribution < -0.4 is 5.73 Å². The second kappa shape index (κ2) is 5.99. The van der Waals surface area contributed by atoms with Crippen LogP contribution in [0.25, 0.3) is 0 Å². The zero-order chi connectivity index (χ0) is 11.0. The van der Waals surface area contributed by atoms with Crippen molar-refractivity contribution in [3.8, 4) is 0 Å². The molecule has 0 unspecified atom stereocenters. The van der Waals surface area contributed by atoms with E-state index in [9.17, 15) is 8.42 Å². The number of hydrogen-bond acceptors (Lipinski definition) is 3. The first-order valence-corrected chi connectivity index (χ1v) is 5.43. The summed E-state index contributed by atoms with van der Waals surface area (Å²) in [7, 11) is -3.13. The third-order valence-corrected chi connectivity index (χ3v) is 2.19. The van der Waals surface area contributed by atoms with Crippen LogP contribution in [0.4, 0.5) is 5.69 Å². The van der Waals surface area contributed by atoms with Gasteiger partial charge in [0.05, 0.1) is 0 Å². The monoisotopic (exact) mass is 211 g/mol. The highest BCUT2D eigenvalue weighted by Crippen LogP contribution is 1.95. The molecular formula is C10H13NO2S. The summed E-state index contributed by atoms with van der Waals surface area (Å²) < 4.78 is 20.3. The van der Waals surface area contributed by atoms with Crippen LogP contribution in [0, 0.1) is 0 Å². The molecule has 0 aliphatic carbocycles. The molecule has 0 fully saturated rings. The largest absolute Gasteiger partial charge is 0.399 e. The van der Waals surface area contributed by atoms with Crippen LogP contribution in [0.15, 0.2) is 54.3 Å². The molecule has 1 rings (SSSR count). The van der Waals surface area contributed by atoms with Gasteiger partial charge >= 0.3 is 0 Å². The molecule has 3 nitrogen and oxygen atoms in total. The molecule has 4 heteroatoms. The van der Waals surface area contributed by atoms with Crippen molar-refractivity contribution in [3.63, 3.8) is 0 Å². The van der Waals surface area contributed by atoms with Gasteiger partial charge in [-0.25, -0.2) is 8.42 Å². The highest BCUT2D eigenvalue weighted by atomic mass is 32.2. The minimum absolute atomic E-state index is 0.822. The number of rotatable bonds is 2. The van der Waals surface area contributed by atoms with E-state index < -0.39 is 9.84 Å². The molecule has 76 valence electrons. The molecule has 0 aliphatic rings. The fourth-order valence-electron chi connectivity index (χ4n) is 0.521. The van der Waals surface area contributed by atoms with Gasteiger partial charge in [-0.2, -0.15) is 0 Å². The quantitative estimate of drug-likeness (QED) is 0.761. The minimum Gasteiger partial charge on any atom is -0.399 e. The standard InChI is InChI=1S/C6H7N.C4H6O2S/c7-6-4-2-1-3-5-6;1-3-7(5,6)4-2/h1-5H,7H2;3-4H,1-2H2. The number of nitrogen functional groups attached to an aromatic ring is 1. The van der Waals surface area contributed by atoms with Crippen LogP contribution in [0.3, 0.4) is 0 Å². The summed E-state index contributed by atoms with van der Waals surface area (Å²) in [4.78, 5) is 0. The molecule has 14 heavy (non-hydrogen) atoms. The zero-order valence-electron chi connectivity index (χ0n) is 7.76. The fraction of sp³-hybridized carbons (Fsp3) is 0. The second-order valence-corrected chi connectivity index (χ2v) is 4.18. The Morgan fingerprint density at radius 1 is 1.07 bits per heavy atom. The third-order valence-electron chi connectivity index (χ3n) is 1.26. The number of benzene rings is 1. The molecule has 0 heterocycles.